The quantitative estimate of drug-likeness (QED) is 0.499. The lowest BCUT2D eigenvalue weighted by atomic mass is 10.0. The standard InChI is InChI=1S/C27H34N2O2/c28-17-5-8-20-30-27-25(29-18-6-2-7-19-29)15-16-26(27)31-21-22-11-13-24(14-12-22)23-9-3-1-4-10-23/h1,3-4,9-14,25-27H,2,5-8,15-16,18-21H2/t25-,26-,27+/m1/s1. The van der Waals surface area contributed by atoms with Crippen LogP contribution >= 0.6 is 0 Å². The van der Waals surface area contributed by atoms with Crippen molar-refractivity contribution in [3.8, 4) is 17.2 Å². The average Bonchev–Trinajstić information content (AvgIpc) is 3.24. The molecule has 0 N–H and O–H groups in total. The van der Waals surface area contributed by atoms with E-state index in [2.05, 4.69) is 59.5 Å². The fourth-order valence-corrected chi connectivity index (χ4v) is 4.95. The molecule has 0 unspecified atom stereocenters. The van der Waals surface area contributed by atoms with Crippen LogP contribution in [0.2, 0.25) is 0 Å². The first-order chi connectivity index (χ1) is 15.3. The van der Waals surface area contributed by atoms with Gasteiger partial charge in [0.1, 0.15) is 0 Å². The van der Waals surface area contributed by atoms with Crippen LogP contribution in [0.15, 0.2) is 54.6 Å². The van der Waals surface area contributed by atoms with Crippen molar-refractivity contribution in [2.24, 2.45) is 0 Å². The molecule has 1 aliphatic carbocycles. The number of unbranched alkanes of at least 4 members (excludes halogenated alkanes) is 1. The number of hydrogen-bond acceptors (Lipinski definition) is 4. The number of likely N-dealkylation sites (tertiary alicyclic amines) is 1. The van der Waals surface area contributed by atoms with Crippen LogP contribution in [-0.4, -0.2) is 42.8 Å². The lowest BCUT2D eigenvalue weighted by Gasteiger charge is -2.36. The van der Waals surface area contributed by atoms with Crippen molar-refractivity contribution in [1.29, 1.82) is 5.26 Å². The van der Waals surface area contributed by atoms with Gasteiger partial charge in [-0.1, -0.05) is 61.0 Å². The number of piperidine rings is 1. The second-order valence-corrected chi connectivity index (χ2v) is 8.75. The van der Waals surface area contributed by atoms with E-state index in [-0.39, 0.29) is 12.2 Å². The maximum atomic E-state index is 8.83. The first kappa shape index (κ1) is 22.0. The molecule has 3 atom stereocenters. The van der Waals surface area contributed by atoms with Crippen molar-refractivity contribution >= 4 is 0 Å². The third kappa shape index (κ3) is 5.95. The Bertz CT molecular complexity index is 825. The third-order valence-electron chi connectivity index (χ3n) is 6.62. The van der Waals surface area contributed by atoms with Crippen molar-refractivity contribution in [3.63, 3.8) is 0 Å². The summed E-state index contributed by atoms with van der Waals surface area (Å²) in [5.74, 6) is 0. The summed E-state index contributed by atoms with van der Waals surface area (Å²) in [6.07, 6.45) is 7.70. The van der Waals surface area contributed by atoms with Crippen molar-refractivity contribution in [1.82, 2.24) is 4.90 Å². The molecule has 1 saturated carbocycles. The van der Waals surface area contributed by atoms with Crippen molar-refractivity contribution in [2.45, 2.75) is 69.8 Å². The fourth-order valence-electron chi connectivity index (χ4n) is 4.95. The molecule has 1 saturated heterocycles. The van der Waals surface area contributed by atoms with Crippen LogP contribution in [0.25, 0.3) is 11.1 Å². The number of nitriles is 1. The molecule has 164 valence electrons. The number of nitrogens with zero attached hydrogens (tertiary/aromatic N) is 2. The molecule has 0 amide bonds. The lowest BCUT2D eigenvalue weighted by Crippen LogP contribution is -2.47. The van der Waals surface area contributed by atoms with E-state index in [0.717, 1.165) is 19.3 Å². The van der Waals surface area contributed by atoms with Gasteiger partial charge >= 0.3 is 0 Å². The number of rotatable bonds is 9. The van der Waals surface area contributed by atoms with Gasteiger partial charge in [-0.15, -0.1) is 0 Å². The highest BCUT2D eigenvalue weighted by molar-refractivity contribution is 5.63. The highest BCUT2D eigenvalue weighted by Crippen LogP contribution is 2.32. The molecule has 0 radical (unpaired) electrons. The Labute approximate surface area is 186 Å². The van der Waals surface area contributed by atoms with Gasteiger partial charge in [0, 0.05) is 19.1 Å². The number of hydrogen-bond donors (Lipinski definition) is 0. The van der Waals surface area contributed by atoms with Gasteiger partial charge < -0.3 is 9.47 Å². The minimum atomic E-state index is 0.111. The Kier molecular flexibility index (Phi) is 8.12. The van der Waals surface area contributed by atoms with E-state index in [9.17, 15) is 0 Å². The zero-order chi connectivity index (χ0) is 21.3. The predicted octanol–water partition coefficient (Wildman–Crippen LogP) is 5.58. The normalized spacial score (nSPS) is 24.2. The maximum Gasteiger partial charge on any atom is 0.0991 e. The van der Waals surface area contributed by atoms with Gasteiger partial charge in [-0.05, 0) is 61.9 Å². The molecule has 1 heterocycles. The van der Waals surface area contributed by atoms with Gasteiger partial charge in [-0.2, -0.15) is 5.26 Å². The summed E-state index contributed by atoms with van der Waals surface area (Å²) in [5.41, 5.74) is 3.67. The molecule has 4 nitrogen and oxygen atoms in total. The molecule has 31 heavy (non-hydrogen) atoms. The Morgan fingerprint density at radius 1 is 0.871 bits per heavy atom. The molecular formula is C27H34N2O2. The monoisotopic (exact) mass is 418 g/mol. The van der Waals surface area contributed by atoms with Gasteiger partial charge in [0.05, 0.1) is 24.9 Å². The third-order valence-corrected chi connectivity index (χ3v) is 6.62. The fraction of sp³-hybridized carbons (Fsp3) is 0.519. The van der Waals surface area contributed by atoms with Crippen LogP contribution in [0.1, 0.15) is 50.5 Å². The Balaban J connectivity index is 1.35. The second-order valence-electron chi connectivity index (χ2n) is 8.75. The molecule has 4 heteroatoms. The van der Waals surface area contributed by atoms with Crippen molar-refractivity contribution in [3.05, 3.63) is 60.2 Å². The van der Waals surface area contributed by atoms with Crippen LogP contribution in [0, 0.1) is 11.3 Å². The highest BCUT2D eigenvalue weighted by Gasteiger charge is 2.41. The summed E-state index contributed by atoms with van der Waals surface area (Å²) in [6, 6.07) is 21.8. The molecule has 0 aromatic heterocycles. The number of ether oxygens (including phenoxy) is 2. The maximum absolute atomic E-state index is 8.83. The average molecular weight is 419 g/mol. The van der Waals surface area contributed by atoms with Crippen LogP contribution < -0.4 is 0 Å². The highest BCUT2D eigenvalue weighted by atomic mass is 16.5. The summed E-state index contributed by atoms with van der Waals surface area (Å²) >= 11 is 0. The van der Waals surface area contributed by atoms with Gasteiger partial charge in [-0.25, -0.2) is 0 Å². The zero-order valence-electron chi connectivity index (χ0n) is 18.4. The minimum Gasteiger partial charge on any atom is -0.374 e. The molecule has 2 aromatic carbocycles. The topological polar surface area (TPSA) is 45.5 Å². The van der Waals surface area contributed by atoms with Crippen LogP contribution in [0.4, 0.5) is 0 Å². The Morgan fingerprint density at radius 2 is 1.61 bits per heavy atom. The summed E-state index contributed by atoms with van der Waals surface area (Å²) in [4.78, 5) is 2.62. The Hall–Kier alpha value is -2.19. The van der Waals surface area contributed by atoms with E-state index >= 15 is 0 Å². The van der Waals surface area contributed by atoms with E-state index < -0.39 is 0 Å². The van der Waals surface area contributed by atoms with Gasteiger partial charge in [-0.3, -0.25) is 4.90 Å². The summed E-state index contributed by atoms with van der Waals surface area (Å²) in [6.45, 7) is 3.62. The molecule has 4 rings (SSSR count). The molecule has 1 aliphatic heterocycles. The lowest BCUT2D eigenvalue weighted by molar-refractivity contribution is -0.0875. The van der Waals surface area contributed by atoms with E-state index in [1.165, 1.54) is 49.0 Å². The van der Waals surface area contributed by atoms with Gasteiger partial charge in [0.2, 0.25) is 0 Å². The zero-order valence-corrected chi connectivity index (χ0v) is 18.4. The molecule has 0 bridgehead atoms. The largest absolute Gasteiger partial charge is 0.374 e. The molecule has 0 spiro atoms. The van der Waals surface area contributed by atoms with Crippen LogP contribution in [-0.2, 0) is 16.1 Å². The molecular weight excluding hydrogens is 384 g/mol. The van der Waals surface area contributed by atoms with E-state index in [1.807, 2.05) is 6.07 Å². The van der Waals surface area contributed by atoms with Crippen molar-refractivity contribution in [2.75, 3.05) is 19.7 Å². The summed E-state index contributed by atoms with van der Waals surface area (Å²) < 4.78 is 12.7. The SMILES string of the molecule is N#CCCCO[C@H]1[C@H](N2CCCCC2)CC[C@H]1OCc1ccc(-c2ccccc2)cc1. The second kappa shape index (κ2) is 11.4. The van der Waals surface area contributed by atoms with E-state index in [1.54, 1.807) is 0 Å². The van der Waals surface area contributed by atoms with Gasteiger partial charge in [0.15, 0.2) is 0 Å². The van der Waals surface area contributed by atoms with Crippen LogP contribution in [0.3, 0.4) is 0 Å². The van der Waals surface area contributed by atoms with Crippen LogP contribution in [0.5, 0.6) is 0 Å². The smallest absolute Gasteiger partial charge is 0.0991 e. The summed E-state index contributed by atoms with van der Waals surface area (Å²) in [7, 11) is 0. The summed E-state index contributed by atoms with van der Waals surface area (Å²) in [5, 5.41) is 8.83. The molecule has 2 aliphatic rings. The van der Waals surface area contributed by atoms with E-state index in [0.29, 0.717) is 25.7 Å². The molecule has 2 aromatic rings. The van der Waals surface area contributed by atoms with Gasteiger partial charge in [0.25, 0.3) is 0 Å². The minimum absolute atomic E-state index is 0.111. The first-order valence-corrected chi connectivity index (χ1v) is 11.8. The van der Waals surface area contributed by atoms with Crippen molar-refractivity contribution < 1.29 is 9.47 Å². The predicted molar refractivity (Wildman–Crippen MR) is 123 cm³/mol. The first-order valence-electron chi connectivity index (χ1n) is 11.8. The van der Waals surface area contributed by atoms with E-state index in [4.69, 9.17) is 14.7 Å². The Morgan fingerprint density at radius 3 is 2.35 bits per heavy atom. The molecule has 2 fully saturated rings. The number of benzene rings is 2.